The molecule has 1 heterocycles. The molecule has 0 bridgehead atoms. The predicted octanol–water partition coefficient (Wildman–Crippen LogP) is -0.587. The highest BCUT2D eigenvalue weighted by molar-refractivity contribution is 7.89. The zero-order chi connectivity index (χ0) is 13.8. The topological polar surface area (TPSA) is 114 Å². The van der Waals surface area contributed by atoms with E-state index in [-0.39, 0.29) is 16.5 Å². The molecule has 1 rings (SSSR count). The summed E-state index contributed by atoms with van der Waals surface area (Å²) in [6, 6.07) is 2.26. The highest BCUT2D eigenvalue weighted by atomic mass is 32.2. The molecule has 1 aromatic heterocycles. The third-order valence-electron chi connectivity index (χ3n) is 2.03. The summed E-state index contributed by atoms with van der Waals surface area (Å²) in [5.74, 6) is 5.67. The van der Waals surface area contributed by atoms with Crippen LogP contribution in [0, 0.1) is 0 Å². The minimum Gasteiger partial charge on any atom is -0.308 e. The monoisotopic (exact) mass is 292 g/mol. The Hall–Kier alpha value is -1.03. The van der Waals surface area contributed by atoms with E-state index in [4.69, 9.17) is 5.84 Å². The van der Waals surface area contributed by atoms with Crippen LogP contribution in [0.4, 0.5) is 5.82 Å². The van der Waals surface area contributed by atoms with Gasteiger partial charge in [-0.1, -0.05) is 0 Å². The first kappa shape index (κ1) is 15.0. The van der Waals surface area contributed by atoms with Gasteiger partial charge in [-0.05, 0) is 13.0 Å². The van der Waals surface area contributed by atoms with E-state index in [1.165, 1.54) is 24.6 Å². The molecule has 9 heteroatoms. The number of nitrogens with one attached hydrogen (secondary N) is 2. The van der Waals surface area contributed by atoms with Crippen LogP contribution < -0.4 is 16.0 Å². The van der Waals surface area contributed by atoms with Gasteiger partial charge in [0, 0.05) is 41.1 Å². The maximum atomic E-state index is 12.0. The van der Waals surface area contributed by atoms with Gasteiger partial charge in [0.2, 0.25) is 10.0 Å². The second-order valence-electron chi connectivity index (χ2n) is 3.78. The zero-order valence-corrected chi connectivity index (χ0v) is 11.7. The molecule has 0 amide bonds. The van der Waals surface area contributed by atoms with Crippen LogP contribution in [0.3, 0.4) is 0 Å². The molecule has 2 atom stereocenters. The Kier molecular flexibility index (Phi) is 5.20. The first-order valence-corrected chi connectivity index (χ1v) is 8.31. The summed E-state index contributed by atoms with van der Waals surface area (Å²) >= 11 is 0. The summed E-state index contributed by atoms with van der Waals surface area (Å²) in [5, 5.41) is 0. The van der Waals surface area contributed by atoms with Crippen molar-refractivity contribution in [3.8, 4) is 0 Å². The summed E-state index contributed by atoms with van der Waals surface area (Å²) in [6.07, 6.45) is 2.86. The molecule has 102 valence electrons. The lowest BCUT2D eigenvalue weighted by Crippen LogP contribution is -2.36. The molecule has 1 aromatic rings. The van der Waals surface area contributed by atoms with E-state index in [0.717, 1.165) is 0 Å². The van der Waals surface area contributed by atoms with Crippen molar-refractivity contribution in [3.63, 3.8) is 0 Å². The number of pyridine rings is 1. The van der Waals surface area contributed by atoms with Gasteiger partial charge in [-0.3, -0.25) is 4.21 Å². The van der Waals surface area contributed by atoms with E-state index in [1.54, 1.807) is 6.92 Å². The first-order valence-electron chi connectivity index (χ1n) is 5.10. The van der Waals surface area contributed by atoms with Crippen molar-refractivity contribution in [1.82, 2.24) is 9.71 Å². The van der Waals surface area contributed by atoms with Crippen LogP contribution in [0.15, 0.2) is 23.2 Å². The molecular formula is C9H16N4O3S2. The molecule has 0 spiro atoms. The predicted molar refractivity (Wildman–Crippen MR) is 70.8 cm³/mol. The average Bonchev–Trinajstić information content (AvgIpc) is 2.27. The standard InChI is InChI=1S/C9H16N4O3S2/c1-7(6-17(2)14)13-18(15,16)8-3-4-11-9(5-8)12-10/h3-5,7,13H,6,10H2,1-2H3,(H,11,12). The van der Waals surface area contributed by atoms with Gasteiger partial charge in [-0.2, -0.15) is 0 Å². The second kappa shape index (κ2) is 6.23. The second-order valence-corrected chi connectivity index (χ2v) is 6.98. The van der Waals surface area contributed by atoms with E-state index < -0.39 is 26.9 Å². The molecule has 7 nitrogen and oxygen atoms in total. The van der Waals surface area contributed by atoms with Crippen molar-refractivity contribution in [2.24, 2.45) is 5.84 Å². The number of aromatic nitrogens is 1. The molecule has 0 aliphatic carbocycles. The highest BCUT2D eigenvalue weighted by Gasteiger charge is 2.18. The van der Waals surface area contributed by atoms with E-state index in [0.29, 0.717) is 0 Å². The van der Waals surface area contributed by atoms with Crippen molar-refractivity contribution >= 4 is 26.6 Å². The van der Waals surface area contributed by atoms with E-state index in [2.05, 4.69) is 15.1 Å². The Morgan fingerprint density at radius 1 is 1.56 bits per heavy atom. The number of hydrazine groups is 1. The molecule has 18 heavy (non-hydrogen) atoms. The number of anilines is 1. The van der Waals surface area contributed by atoms with E-state index in [9.17, 15) is 12.6 Å². The molecule has 2 unspecified atom stereocenters. The lowest BCUT2D eigenvalue weighted by atomic mass is 10.4. The fraction of sp³-hybridized carbons (Fsp3) is 0.444. The van der Waals surface area contributed by atoms with Crippen LogP contribution in [0.5, 0.6) is 0 Å². The van der Waals surface area contributed by atoms with Gasteiger partial charge in [0.25, 0.3) is 0 Å². The Morgan fingerprint density at radius 2 is 2.22 bits per heavy atom. The van der Waals surface area contributed by atoms with Crippen LogP contribution in [0.2, 0.25) is 0 Å². The van der Waals surface area contributed by atoms with Gasteiger partial charge in [0.15, 0.2) is 0 Å². The summed E-state index contributed by atoms with van der Waals surface area (Å²) in [6.45, 7) is 1.65. The number of hydrogen-bond acceptors (Lipinski definition) is 6. The maximum absolute atomic E-state index is 12.0. The smallest absolute Gasteiger partial charge is 0.241 e. The van der Waals surface area contributed by atoms with Gasteiger partial charge >= 0.3 is 0 Å². The maximum Gasteiger partial charge on any atom is 0.241 e. The van der Waals surface area contributed by atoms with Gasteiger partial charge in [0.05, 0.1) is 4.90 Å². The fourth-order valence-electron chi connectivity index (χ4n) is 1.38. The SMILES string of the molecule is CC(CS(C)=O)NS(=O)(=O)c1ccnc(NN)c1. The first-order chi connectivity index (χ1) is 8.35. The zero-order valence-electron chi connectivity index (χ0n) is 10.1. The summed E-state index contributed by atoms with van der Waals surface area (Å²) in [7, 11) is -4.72. The van der Waals surface area contributed by atoms with Gasteiger partial charge < -0.3 is 5.43 Å². The number of nitrogen functional groups attached to an aromatic ring is 1. The number of nitrogens with zero attached hydrogens (tertiary/aromatic N) is 1. The molecule has 0 fully saturated rings. The van der Waals surface area contributed by atoms with Crippen LogP contribution in [-0.2, 0) is 20.8 Å². The highest BCUT2D eigenvalue weighted by Crippen LogP contribution is 2.12. The van der Waals surface area contributed by atoms with Crippen LogP contribution in [0.25, 0.3) is 0 Å². The van der Waals surface area contributed by atoms with Crippen molar-refractivity contribution in [3.05, 3.63) is 18.3 Å². The van der Waals surface area contributed by atoms with Crippen molar-refractivity contribution < 1.29 is 12.6 Å². The molecule has 0 saturated carbocycles. The van der Waals surface area contributed by atoms with Crippen molar-refractivity contribution in [2.45, 2.75) is 17.9 Å². The lowest BCUT2D eigenvalue weighted by Gasteiger charge is -2.13. The Balaban J connectivity index is 2.88. The van der Waals surface area contributed by atoms with Crippen molar-refractivity contribution in [2.75, 3.05) is 17.4 Å². The summed E-state index contributed by atoms with van der Waals surface area (Å²) in [5.41, 5.74) is 2.27. The number of hydrogen-bond donors (Lipinski definition) is 3. The van der Waals surface area contributed by atoms with Crippen LogP contribution >= 0.6 is 0 Å². The normalized spacial score (nSPS) is 15.1. The minimum absolute atomic E-state index is 0.0548. The molecule has 0 radical (unpaired) electrons. The van der Waals surface area contributed by atoms with Gasteiger partial charge in [0.1, 0.15) is 5.82 Å². The van der Waals surface area contributed by atoms with E-state index >= 15 is 0 Å². The molecule has 0 aromatic carbocycles. The summed E-state index contributed by atoms with van der Waals surface area (Å²) < 4.78 is 37.4. The quantitative estimate of drug-likeness (QED) is 0.477. The fourth-order valence-corrected chi connectivity index (χ4v) is 3.53. The van der Waals surface area contributed by atoms with Crippen LogP contribution in [-0.4, -0.2) is 35.7 Å². The van der Waals surface area contributed by atoms with Crippen LogP contribution in [0.1, 0.15) is 6.92 Å². The minimum atomic E-state index is -3.66. The average molecular weight is 292 g/mol. The molecule has 0 aliphatic rings. The Labute approximate surface area is 109 Å². The molecular weight excluding hydrogens is 276 g/mol. The molecule has 4 N–H and O–H groups in total. The lowest BCUT2D eigenvalue weighted by molar-refractivity contribution is 0.570. The Bertz CT molecular complexity index is 532. The third kappa shape index (κ3) is 4.33. The largest absolute Gasteiger partial charge is 0.308 e. The summed E-state index contributed by atoms with van der Waals surface area (Å²) in [4.78, 5) is 3.88. The Morgan fingerprint density at radius 3 is 2.78 bits per heavy atom. The molecule has 0 aliphatic heterocycles. The van der Waals surface area contributed by atoms with E-state index in [1.807, 2.05) is 0 Å². The van der Waals surface area contributed by atoms with Crippen molar-refractivity contribution in [1.29, 1.82) is 0 Å². The number of sulfonamides is 1. The molecule has 0 saturated heterocycles. The number of nitrogens with two attached hydrogens (primary N) is 1. The number of rotatable bonds is 6. The third-order valence-corrected chi connectivity index (χ3v) is 4.59. The van der Waals surface area contributed by atoms with Gasteiger partial charge in [-0.25, -0.2) is 24.0 Å². The van der Waals surface area contributed by atoms with Gasteiger partial charge in [-0.15, -0.1) is 0 Å².